The van der Waals surface area contributed by atoms with Gasteiger partial charge in [-0.05, 0) is 35.6 Å². The second-order valence-corrected chi connectivity index (χ2v) is 6.92. The second-order valence-electron chi connectivity index (χ2n) is 6.92. The molecule has 0 bridgehead atoms. The van der Waals surface area contributed by atoms with Crippen molar-refractivity contribution in [2.24, 2.45) is 0 Å². The van der Waals surface area contributed by atoms with Crippen molar-refractivity contribution in [3.63, 3.8) is 0 Å². The van der Waals surface area contributed by atoms with E-state index in [1.807, 2.05) is 31.3 Å². The van der Waals surface area contributed by atoms with Crippen molar-refractivity contribution < 1.29 is 0 Å². The molecular formula is C19H22N4. The first kappa shape index (κ1) is 15.3. The van der Waals surface area contributed by atoms with E-state index in [0.29, 0.717) is 0 Å². The van der Waals surface area contributed by atoms with Gasteiger partial charge in [-0.25, -0.2) is 4.68 Å². The summed E-state index contributed by atoms with van der Waals surface area (Å²) in [7, 11) is 0. The van der Waals surface area contributed by atoms with Gasteiger partial charge in [-0.1, -0.05) is 56.3 Å². The lowest BCUT2D eigenvalue weighted by Crippen LogP contribution is -2.10. The molecule has 118 valence electrons. The number of aromatic nitrogens is 3. The Balaban J connectivity index is 1.94. The number of hydrogen-bond donors (Lipinski definition) is 1. The third-order valence-electron chi connectivity index (χ3n) is 4.02. The number of nitrogens with two attached hydrogens (primary N) is 1. The monoisotopic (exact) mass is 306 g/mol. The molecule has 3 aromatic rings. The van der Waals surface area contributed by atoms with E-state index in [9.17, 15) is 0 Å². The van der Waals surface area contributed by atoms with Crippen LogP contribution in [0, 0.1) is 6.92 Å². The highest BCUT2D eigenvalue weighted by Crippen LogP contribution is 2.26. The van der Waals surface area contributed by atoms with Gasteiger partial charge in [0.15, 0.2) is 0 Å². The molecule has 0 atom stereocenters. The summed E-state index contributed by atoms with van der Waals surface area (Å²) < 4.78 is 1.78. The van der Waals surface area contributed by atoms with Crippen LogP contribution in [0.3, 0.4) is 0 Å². The molecule has 2 aromatic carbocycles. The zero-order valence-corrected chi connectivity index (χ0v) is 14.0. The topological polar surface area (TPSA) is 56.7 Å². The van der Waals surface area contributed by atoms with Crippen molar-refractivity contribution in [3.05, 3.63) is 59.8 Å². The van der Waals surface area contributed by atoms with Crippen LogP contribution in [0.1, 0.15) is 31.9 Å². The van der Waals surface area contributed by atoms with Gasteiger partial charge in [-0.15, -0.1) is 5.10 Å². The lowest BCUT2D eigenvalue weighted by atomic mass is 9.86. The minimum absolute atomic E-state index is 0.148. The first-order valence-electron chi connectivity index (χ1n) is 7.74. The van der Waals surface area contributed by atoms with E-state index in [2.05, 4.69) is 55.3 Å². The average Bonchev–Trinajstić information content (AvgIpc) is 2.99. The number of nitrogens with zero attached hydrogens (tertiary/aromatic N) is 3. The van der Waals surface area contributed by atoms with Gasteiger partial charge < -0.3 is 5.73 Å². The van der Waals surface area contributed by atoms with Gasteiger partial charge >= 0.3 is 0 Å². The van der Waals surface area contributed by atoms with Crippen LogP contribution >= 0.6 is 0 Å². The fourth-order valence-corrected chi connectivity index (χ4v) is 2.53. The number of nitrogen functional groups attached to an aromatic ring is 1. The number of rotatable bonds is 2. The Kier molecular flexibility index (Phi) is 3.68. The maximum atomic E-state index is 5.88. The standard InChI is InChI=1S/C19H22N4/c1-13-5-10-16(20)11-18(13)23-12-17(21-22-23)14-6-8-15(9-7-14)19(2,3)4/h5-12H,20H2,1-4H3. The maximum Gasteiger partial charge on any atom is 0.113 e. The molecule has 0 spiro atoms. The quantitative estimate of drug-likeness (QED) is 0.724. The third kappa shape index (κ3) is 3.11. The fourth-order valence-electron chi connectivity index (χ4n) is 2.53. The molecule has 0 fully saturated rings. The Labute approximate surface area is 137 Å². The van der Waals surface area contributed by atoms with Crippen LogP contribution in [0.2, 0.25) is 0 Å². The molecule has 3 rings (SSSR count). The Hall–Kier alpha value is -2.62. The Bertz CT molecular complexity index is 823. The summed E-state index contributed by atoms with van der Waals surface area (Å²) in [5, 5.41) is 8.54. The smallest absolute Gasteiger partial charge is 0.113 e. The van der Waals surface area contributed by atoms with Crippen molar-refractivity contribution in [3.8, 4) is 16.9 Å². The lowest BCUT2D eigenvalue weighted by molar-refractivity contribution is 0.590. The van der Waals surface area contributed by atoms with Gasteiger partial charge in [0.2, 0.25) is 0 Å². The molecule has 1 aromatic heterocycles. The Morgan fingerprint density at radius 2 is 1.70 bits per heavy atom. The highest BCUT2D eigenvalue weighted by Gasteiger charge is 2.14. The van der Waals surface area contributed by atoms with E-state index in [0.717, 1.165) is 28.2 Å². The summed E-state index contributed by atoms with van der Waals surface area (Å²) in [4.78, 5) is 0. The molecule has 0 amide bonds. The van der Waals surface area contributed by atoms with Crippen LogP contribution in [0.25, 0.3) is 16.9 Å². The molecular weight excluding hydrogens is 284 g/mol. The van der Waals surface area contributed by atoms with Crippen LogP contribution in [-0.4, -0.2) is 15.0 Å². The Morgan fingerprint density at radius 1 is 1.00 bits per heavy atom. The van der Waals surface area contributed by atoms with E-state index in [-0.39, 0.29) is 5.41 Å². The van der Waals surface area contributed by atoms with Gasteiger partial charge in [-0.3, -0.25) is 0 Å². The molecule has 0 aliphatic rings. The van der Waals surface area contributed by atoms with Crippen LogP contribution in [0.4, 0.5) is 5.69 Å². The summed E-state index contributed by atoms with van der Waals surface area (Å²) in [6, 6.07) is 14.3. The largest absolute Gasteiger partial charge is 0.399 e. The number of aryl methyl sites for hydroxylation is 1. The summed E-state index contributed by atoms with van der Waals surface area (Å²) in [6.07, 6.45) is 1.94. The fraction of sp³-hybridized carbons (Fsp3) is 0.263. The van der Waals surface area contributed by atoms with E-state index >= 15 is 0 Å². The van der Waals surface area contributed by atoms with Gasteiger partial charge in [-0.2, -0.15) is 0 Å². The summed E-state index contributed by atoms with van der Waals surface area (Å²) in [5.41, 5.74) is 12.0. The molecule has 0 unspecified atom stereocenters. The van der Waals surface area contributed by atoms with E-state index in [1.165, 1.54) is 5.56 Å². The van der Waals surface area contributed by atoms with Crippen LogP contribution in [-0.2, 0) is 5.41 Å². The first-order valence-corrected chi connectivity index (χ1v) is 7.74. The van der Waals surface area contributed by atoms with Crippen molar-refractivity contribution in [2.45, 2.75) is 33.1 Å². The maximum absolute atomic E-state index is 5.88. The van der Waals surface area contributed by atoms with Crippen LogP contribution in [0.5, 0.6) is 0 Å². The van der Waals surface area contributed by atoms with Crippen LogP contribution in [0.15, 0.2) is 48.7 Å². The third-order valence-corrected chi connectivity index (χ3v) is 4.02. The van der Waals surface area contributed by atoms with Gasteiger partial charge in [0.05, 0.1) is 11.9 Å². The highest BCUT2D eigenvalue weighted by molar-refractivity contribution is 5.60. The summed E-state index contributed by atoms with van der Waals surface area (Å²) in [6.45, 7) is 8.66. The SMILES string of the molecule is Cc1ccc(N)cc1-n1cc(-c2ccc(C(C)(C)C)cc2)nn1. The van der Waals surface area contributed by atoms with Crippen LogP contribution < -0.4 is 5.73 Å². The molecule has 0 saturated carbocycles. The molecule has 0 aliphatic carbocycles. The van der Waals surface area contributed by atoms with Crippen molar-refractivity contribution >= 4 is 5.69 Å². The molecule has 23 heavy (non-hydrogen) atoms. The van der Waals surface area contributed by atoms with Gasteiger partial charge in [0.25, 0.3) is 0 Å². The van der Waals surface area contributed by atoms with Gasteiger partial charge in [0.1, 0.15) is 5.69 Å². The predicted octanol–water partition coefficient (Wildman–Crippen LogP) is 4.12. The first-order chi connectivity index (χ1) is 10.8. The molecule has 0 radical (unpaired) electrons. The zero-order valence-electron chi connectivity index (χ0n) is 14.0. The average molecular weight is 306 g/mol. The number of benzene rings is 2. The number of hydrogen-bond acceptors (Lipinski definition) is 3. The molecule has 0 aliphatic heterocycles. The Morgan fingerprint density at radius 3 is 2.35 bits per heavy atom. The predicted molar refractivity (Wildman–Crippen MR) is 94.6 cm³/mol. The minimum Gasteiger partial charge on any atom is -0.399 e. The van der Waals surface area contributed by atoms with Gasteiger partial charge in [0, 0.05) is 11.3 Å². The normalized spacial score (nSPS) is 11.7. The van der Waals surface area contributed by atoms with Crippen molar-refractivity contribution in [2.75, 3.05) is 5.73 Å². The molecule has 4 heteroatoms. The van der Waals surface area contributed by atoms with E-state index in [1.54, 1.807) is 4.68 Å². The number of anilines is 1. The van der Waals surface area contributed by atoms with E-state index in [4.69, 9.17) is 5.73 Å². The minimum atomic E-state index is 0.148. The lowest BCUT2D eigenvalue weighted by Gasteiger charge is -2.18. The molecule has 2 N–H and O–H groups in total. The molecule has 4 nitrogen and oxygen atoms in total. The van der Waals surface area contributed by atoms with E-state index < -0.39 is 0 Å². The van der Waals surface area contributed by atoms with Crippen molar-refractivity contribution in [1.82, 2.24) is 15.0 Å². The van der Waals surface area contributed by atoms with Crippen molar-refractivity contribution in [1.29, 1.82) is 0 Å². The second kappa shape index (κ2) is 5.54. The summed E-state index contributed by atoms with van der Waals surface area (Å²) in [5.74, 6) is 0. The highest BCUT2D eigenvalue weighted by atomic mass is 15.4. The summed E-state index contributed by atoms with van der Waals surface area (Å²) >= 11 is 0. The zero-order chi connectivity index (χ0) is 16.6. The molecule has 0 saturated heterocycles. The molecule has 1 heterocycles.